The number of rotatable bonds is 7. The second kappa shape index (κ2) is 10.1. The van der Waals surface area contributed by atoms with E-state index in [1.165, 1.54) is 0 Å². The summed E-state index contributed by atoms with van der Waals surface area (Å²) >= 11 is 0. The molecule has 0 unspecified atom stereocenters. The predicted octanol–water partition coefficient (Wildman–Crippen LogP) is 3.28. The number of benzene rings is 2. The van der Waals surface area contributed by atoms with Gasteiger partial charge in [0.15, 0.2) is 0 Å². The topological polar surface area (TPSA) is 96.6 Å². The van der Waals surface area contributed by atoms with E-state index >= 15 is 0 Å². The van der Waals surface area contributed by atoms with E-state index in [-0.39, 0.29) is 17.9 Å². The number of para-hydroxylation sites is 1. The average Bonchev–Trinajstić information content (AvgIpc) is 2.81. The largest absolute Gasteiger partial charge is 0.457 e. The van der Waals surface area contributed by atoms with Gasteiger partial charge in [0.25, 0.3) is 5.56 Å². The Kier molecular flexibility index (Phi) is 6.81. The van der Waals surface area contributed by atoms with Gasteiger partial charge in [0.2, 0.25) is 11.9 Å². The SMILES string of the molecule is Cc1nc(N2CCOCC2)[nH]c(=O)c1CCC(=O)Nc1ccc(Oc2ccccc2)cc1. The fraction of sp³-hybridized carbons (Fsp3) is 0.292. The minimum atomic E-state index is -0.200. The van der Waals surface area contributed by atoms with Gasteiger partial charge in [-0.15, -0.1) is 0 Å². The van der Waals surface area contributed by atoms with Crippen LogP contribution in [0.4, 0.5) is 11.6 Å². The summed E-state index contributed by atoms with van der Waals surface area (Å²) < 4.78 is 11.1. The van der Waals surface area contributed by atoms with Crippen molar-refractivity contribution in [2.45, 2.75) is 19.8 Å². The number of anilines is 2. The predicted molar refractivity (Wildman–Crippen MR) is 123 cm³/mol. The van der Waals surface area contributed by atoms with Crippen molar-refractivity contribution >= 4 is 17.5 Å². The van der Waals surface area contributed by atoms with Gasteiger partial charge in [-0.25, -0.2) is 4.98 Å². The van der Waals surface area contributed by atoms with Crippen molar-refractivity contribution in [1.29, 1.82) is 0 Å². The third-order valence-corrected chi connectivity index (χ3v) is 5.24. The zero-order chi connectivity index (χ0) is 22.3. The molecule has 1 aliphatic heterocycles. The lowest BCUT2D eigenvalue weighted by atomic mass is 10.1. The summed E-state index contributed by atoms with van der Waals surface area (Å²) in [4.78, 5) is 34.3. The Morgan fingerprint density at radius 1 is 1.09 bits per heavy atom. The molecule has 1 fully saturated rings. The highest BCUT2D eigenvalue weighted by molar-refractivity contribution is 5.90. The van der Waals surface area contributed by atoms with Gasteiger partial charge < -0.3 is 19.7 Å². The maximum Gasteiger partial charge on any atom is 0.255 e. The quantitative estimate of drug-likeness (QED) is 0.592. The van der Waals surface area contributed by atoms with Crippen molar-refractivity contribution in [3.63, 3.8) is 0 Å². The summed E-state index contributed by atoms with van der Waals surface area (Å²) in [5.41, 5.74) is 1.64. The molecule has 1 saturated heterocycles. The van der Waals surface area contributed by atoms with Crippen molar-refractivity contribution in [1.82, 2.24) is 9.97 Å². The molecule has 4 rings (SSSR count). The molecule has 8 heteroatoms. The second-order valence-corrected chi connectivity index (χ2v) is 7.54. The number of hydrogen-bond donors (Lipinski definition) is 2. The molecule has 8 nitrogen and oxygen atoms in total. The molecule has 1 amide bonds. The van der Waals surface area contributed by atoms with Crippen molar-refractivity contribution < 1.29 is 14.3 Å². The molecule has 3 aromatic rings. The molecule has 2 aromatic carbocycles. The lowest BCUT2D eigenvalue weighted by Gasteiger charge is -2.27. The summed E-state index contributed by atoms with van der Waals surface area (Å²) in [6.45, 7) is 4.42. The van der Waals surface area contributed by atoms with Crippen LogP contribution in [0.15, 0.2) is 59.4 Å². The number of aromatic nitrogens is 2. The summed E-state index contributed by atoms with van der Waals surface area (Å²) in [6.07, 6.45) is 0.503. The van der Waals surface area contributed by atoms with Crippen LogP contribution in [0.5, 0.6) is 11.5 Å². The number of carbonyl (C=O) groups is 1. The van der Waals surface area contributed by atoms with Crippen molar-refractivity contribution in [2.24, 2.45) is 0 Å². The van der Waals surface area contributed by atoms with Crippen LogP contribution in [-0.4, -0.2) is 42.2 Å². The number of ether oxygens (including phenoxy) is 2. The molecule has 0 atom stereocenters. The van der Waals surface area contributed by atoms with E-state index in [0.717, 1.165) is 5.75 Å². The first-order valence-electron chi connectivity index (χ1n) is 10.6. The molecule has 0 spiro atoms. The number of amides is 1. The maximum absolute atomic E-state index is 12.6. The molecule has 1 aromatic heterocycles. The van der Waals surface area contributed by atoms with Gasteiger partial charge in [-0.05, 0) is 49.7 Å². The number of carbonyl (C=O) groups excluding carboxylic acids is 1. The first-order chi connectivity index (χ1) is 15.6. The van der Waals surface area contributed by atoms with Crippen LogP contribution in [0.25, 0.3) is 0 Å². The van der Waals surface area contributed by atoms with Crippen molar-refractivity contribution in [2.75, 3.05) is 36.5 Å². The van der Waals surface area contributed by atoms with Gasteiger partial charge in [0, 0.05) is 36.5 Å². The van der Waals surface area contributed by atoms with E-state index in [4.69, 9.17) is 9.47 Å². The van der Waals surface area contributed by atoms with E-state index < -0.39 is 0 Å². The highest BCUT2D eigenvalue weighted by Gasteiger charge is 2.16. The van der Waals surface area contributed by atoms with Gasteiger partial charge in [0.05, 0.1) is 13.2 Å². The third-order valence-electron chi connectivity index (χ3n) is 5.24. The Labute approximate surface area is 186 Å². The summed E-state index contributed by atoms with van der Waals surface area (Å²) in [5.74, 6) is 1.82. The van der Waals surface area contributed by atoms with Crippen LogP contribution in [0.2, 0.25) is 0 Å². The first-order valence-corrected chi connectivity index (χ1v) is 10.6. The molecule has 166 valence electrons. The number of morpholine rings is 1. The van der Waals surface area contributed by atoms with E-state index in [1.807, 2.05) is 35.2 Å². The molecule has 0 aliphatic carbocycles. The Hall–Kier alpha value is -3.65. The highest BCUT2D eigenvalue weighted by Crippen LogP contribution is 2.22. The van der Waals surface area contributed by atoms with E-state index in [0.29, 0.717) is 61.4 Å². The molecule has 0 radical (unpaired) electrons. The van der Waals surface area contributed by atoms with Crippen LogP contribution in [0, 0.1) is 6.92 Å². The fourth-order valence-electron chi connectivity index (χ4n) is 3.51. The Bertz CT molecular complexity index is 1110. The van der Waals surface area contributed by atoms with Crippen molar-refractivity contribution in [3.05, 3.63) is 76.2 Å². The Morgan fingerprint density at radius 3 is 2.47 bits per heavy atom. The second-order valence-electron chi connectivity index (χ2n) is 7.54. The number of aromatic amines is 1. The minimum absolute atomic E-state index is 0.169. The van der Waals surface area contributed by atoms with Crippen LogP contribution in [-0.2, 0) is 16.0 Å². The molecule has 1 aliphatic rings. The molecular weight excluding hydrogens is 408 g/mol. The molecular formula is C24H26N4O4. The van der Waals surface area contributed by atoms with Gasteiger partial charge >= 0.3 is 0 Å². The summed E-state index contributed by atoms with van der Waals surface area (Å²) in [7, 11) is 0. The Balaban J connectivity index is 1.32. The Morgan fingerprint density at radius 2 is 1.78 bits per heavy atom. The standard InChI is InChI=1S/C24H26N4O4/c1-17-21(23(30)27-24(25-17)28-13-15-31-16-14-28)11-12-22(29)26-18-7-9-20(10-8-18)32-19-5-3-2-4-6-19/h2-10H,11-16H2,1H3,(H,26,29)(H,25,27,30). The minimum Gasteiger partial charge on any atom is -0.457 e. The van der Waals surface area contributed by atoms with E-state index in [2.05, 4.69) is 15.3 Å². The first kappa shape index (κ1) is 21.6. The lowest BCUT2D eigenvalue weighted by Crippen LogP contribution is -2.38. The fourth-order valence-corrected chi connectivity index (χ4v) is 3.51. The van der Waals surface area contributed by atoms with Crippen LogP contribution in [0.3, 0.4) is 0 Å². The smallest absolute Gasteiger partial charge is 0.255 e. The molecule has 32 heavy (non-hydrogen) atoms. The number of hydrogen-bond acceptors (Lipinski definition) is 6. The normalized spacial score (nSPS) is 13.6. The van der Waals surface area contributed by atoms with Gasteiger partial charge in [-0.1, -0.05) is 18.2 Å². The van der Waals surface area contributed by atoms with Crippen LogP contribution >= 0.6 is 0 Å². The molecule has 0 saturated carbocycles. The number of aryl methyl sites for hydroxylation is 1. The van der Waals surface area contributed by atoms with Crippen LogP contribution in [0.1, 0.15) is 17.7 Å². The average molecular weight is 434 g/mol. The third kappa shape index (κ3) is 5.53. The summed E-state index contributed by atoms with van der Waals surface area (Å²) in [5, 5.41) is 2.86. The van der Waals surface area contributed by atoms with Crippen LogP contribution < -0.4 is 20.5 Å². The van der Waals surface area contributed by atoms with Crippen molar-refractivity contribution in [3.8, 4) is 11.5 Å². The number of H-pyrrole nitrogens is 1. The highest BCUT2D eigenvalue weighted by atomic mass is 16.5. The lowest BCUT2D eigenvalue weighted by molar-refractivity contribution is -0.116. The summed E-state index contributed by atoms with van der Waals surface area (Å²) in [6, 6.07) is 16.7. The van der Waals surface area contributed by atoms with E-state index in [9.17, 15) is 9.59 Å². The van der Waals surface area contributed by atoms with E-state index in [1.54, 1.807) is 31.2 Å². The van der Waals surface area contributed by atoms with Gasteiger partial charge in [0.1, 0.15) is 11.5 Å². The monoisotopic (exact) mass is 434 g/mol. The maximum atomic E-state index is 12.6. The molecule has 2 heterocycles. The molecule has 2 N–H and O–H groups in total. The zero-order valence-electron chi connectivity index (χ0n) is 18.0. The van der Waals surface area contributed by atoms with Gasteiger partial charge in [-0.2, -0.15) is 0 Å². The zero-order valence-corrected chi connectivity index (χ0v) is 18.0. The number of nitrogens with zero attached hydrogens (tertiary/aromatic N) is 2. The van der Waals surface area contributed by atoms with Gasteiger partial charge in [-0.3, -0.25) is 14.6 Å². The molecule has 0 bridgehead atoms. The number of nitrogens with one attached hydrogen (secondary N) is 2.